The lowest BCUT2D eigenvalue weighted by Gasteiger charge is -2.35. The number of thiophene rings is 1. The van der Waals surface area contributed by atoms with Gasteiger partial charge in [-0.2, -0.15) is 5.10 Å². The van der Waals surface area contributed by atoms with Gasteiger partial charge in [0.15, 0.2) is 5.65 Å². The van der Waals surface area contributed by atoms with E-state index >= 15 is 0 Å². The molecule has 2 saturated heterocycles. The van der Waals surface area contributed by atoms with E-state index in [-0.39, 0.29) is 11.9 Å². The van der Waals surface area contributed by atoms with Gasteiger partial charge in [0, 0.05) is 47.2 Å². The molecule has 0 spiro atoms. The summed E-state index contributed by atoms with van der Waals surface area (Å²) in [5, 5.41) is 9.11. The van der Waals surface area contributed by atoms with Crippen molar-refractivity contribution in [3.8, 4) is 11.3 Å². The van der Waals surface area contributed by atoms with E-state index in [0.29, 0.717) is 38.3 Å². The summed E-state index contributed by atoms with van der Waals surface area (Å²) in [5.41, 5.74) is 8.34. The molecule has 2 N–H and O–H groups in total. The van der Waals surface area contributed by atoms with Gasteiger partial charge in [-0.15, -0.1) is 11.3 Å². The van der Waals surface area contributed by atoms with Crippen LogP contribution in [0.1, 0.15) is 65.7 Å². The first-order valence-electron chi connectivity index (χ1n) is 13.7. The summed E-state index contributed by atoms with van der Waals surface area (Å²) in [7, 11) is 0. The van der Waals surface area contributed by atoms with Crippen LogP contribution in [0.25, 0.3) is 27.1 Å². The first-order valence-corrected chi connectivity index (χ1v) is 14.5. The van der Waals surface area contributed by atoms with Crippen LogP contribution in [-0.2, 0) is 27.5 Å². The van der Waals surface area contributed by atoms with Crippen molar-refractivity contribution in [3.05, 3.63) is 39.7 Å². The smallest absolute Gasteiger partial charge is 0.242 e. The summed E-state index contributed by atoms with van der Waals surface area (Å²) < 4.78 is 13.3. The normalized spacial score (nSPS) is 20.7. The second-order valence-corrected chi connectivity index (χ2v) is 12.1. The molecule has 0 saturated carbocycles. The lowest BCUT2D eigenvalue weighted by Crippen LogP contribution is -2.53. The number of carbonyl (C=O) groups is 1. The topological polar surface area (TPSA) is 96.8 Å². The lowest BCUT2D eigenvalue weighted by atomic mass is 9.89. The van der Waals surface area contributed by atoms with Crippen LogP contribution in [0.4, 0.5) is 0 Å². The monoisotopic (exact) mass is 534 g/mol. The highest BCUT2D eigenvalue weighted by molar-refractivity contribution is 7.19. The van der Waals surface area contributed by atoms with Crippen LogP contribution in [0.5, 0.6) is 0 Å². The number of ether oxygens (including phenoxy) is 2. The Morgan fingerprint density at radius 1 is 1.18 bits per heavy atom. The number of amides is 1. The SMILES string of the molecule is Cc1c(C2CCN(C(=O)[C@H]3COCCN3)CC2)sc2[nH]c(-c3cn4ncnc4c4c3COC4)c(C(C)C)c12. The number of aromatic amines is 1. The van der Waals surface area contributed by atoms with E-state index in [9.17, 15) is 4.79 Å². The molecular weight excluding hydrogens is 500 g/mol. The number of hydrogen-bond acceptors (Lipinski definition) is 7. The molecule has 200 valence electrons. The number of H-pyrrole nitrogens is 1. The van der Waals surface area contributed by atoms with Gasteiger partial charge < -0.3 is 24.7 Å². The molecule has 0 aromatic carbocycles. The van der Waals surface area contributed by atoms with Gasteiger partial charge in [-0.05, 0) is 48.3 Å². The number of hydrogen-bond donors (Lipinski definition) is 2. The first kappa shape index (κ1) is 24.3. The van der Waals surface area contributed by atoms with Crippen molar-refractivity contribution in [1.82, 2.24) is 29.8 Å². The number of morpholine rings is 1. The van der Waals surface area contributed by atoms with Crippen LogP contribution in [0.15, 0.2) is 12.5 Å². The lowest BCUT2D eigenvalue weighted by molar-refractivity contribution is -0.137. The minimum absolute atomic E-state index is 0.186. The third kappa shape index (κ3) is 3.80. The number of fused-ring (bicyclic) bond motifs is 4. The van der Waals surface area contributed by atoms with Crippen molar-refractivity contribution >= 4 is 33.1 Å². The van der Waals surface area contributed by atoms with Crippen LogP contribution >= 0.6 is 11.3 Å². The van der Waals surface area contributed by atoms with Gasteiger partial charge in [0.05, 0.1) is 32.1 Å². The molecular formula is C28H34N6O3S. The van der Waals surface area contributed by atoms with Gasteiger partial charge in [0.1, 0.15) is 17.2 Å². The molecule has 38 heavy (non-hydrogen) atoms. The summed E-state index contributed by atoms with van der Waals surface area (Å²) in [5.74, 6) is 1.02. The Morgan fingerprint density at radius 3 is 2.76 bits per heavy atom. The second-order valence-electron chi connectivity index (χ2n) is 11.1. The number of rotatable bonds is 4. The van der Waals surface area contributed by atoms with Crippen molar-refractivity contribution in [2.24, 2.45) is 0 Å². The van der Waals surface area contributed by atoms with Crippen molar-refractivity contribution in [2.75, 3.05) is 32.8 Å². The molecule has 0 aliphatic carbocycles. The van der Waals surface area contributed by atoms with Gasteiger partial charge in [-0.3, -0.25) is 4.79 Å². The van der Waals surface area contributed by atoms with E-state index in [1.54, 1.807) is 6.33 Å². The van der Waals surface area contributed by atoms with Gasteiger partial charge >= 0.3 is 0 Å². The van der Waals surface area contributed by atoms with Crippen LogP contribution in [-0.4, -0.2) is 69.3 Å². The number of carbonyl (C=O) groups excluding carboxylic acids is 1. The fraction of sp³-hybridized carbons (Fsp3) is 0.536. The molecule has 0 radical (unpaired) electrons. The number of pyridine rings is 1. The highest BCUT2D eigenvalue weighted by atomic mass is 32.1. The Kier molecular flexibility index (Phi) is 6.03. The zero-order valence-electron chi connectivity index (χ0n) is 22.2. The Balaban J connectivity index is 1.21. The predicted octanol–water partition coefficient (Wildman–Crippen LogP) is 4.10. The third-order valence-corrected chi connectivity index (χ3v) is 9.85. The Hall–Kier alpha value is -2.79. The fourth-order valence-electron chi connectivity index (χ4n) is 6.58. The number of nitrogens with zero attached hydrogens (tertiary/aromatic N) is 4. The maximum Gasteiger partial charge on any atom is 0.242 e. The first-order chi connectivity index (χ1) is 18.5. The zero-order valence-corrected chi connectivity index (χ0v) is 23.0. The van der Waals surface area contributed by atoms with E-state index in [4.69, 9.17) is 9.47 Å². The Bertz CT molecular complexity index is 1520. The van der Waals surface area contributed by atoms with Crippen LogP contribution in [0.2, 0.25) is 0 Å². The van der Waals surface area contributed by atoms with E-state index in [0.717, 1.165) is 49.2 Å². The highest BCUT2D eigenvalue weighted by Crippen LogP contribution is 2.47. The molecule has 0 bridgehead atoms. The van der Waals surface area contributed by atoms with Crippen molar-refractivity contribution in [1.29, 1.82) is 0 Å². The van der Waals surface area contributed by atoms with Gasteiger partial charge in [-0.25, -0.2) is 9.50 Å². The van der Waals surface area contributed by atoms with Gasteiger partial charge in [-0.1, -0.05) is 13.8 Å². The molecule has 9 nitrogen and oxygen atoms in total. The summed E-state index contributed by atoms with van der Waals surface area (Å²) in [6, 6.07) is -0.197. The summed E-state index contributed by atoms with van der Waals surface area (Å²) in [6.45, 7) is 11.5. The summed E-state index contributed by atoms with van der Waals surface area (Å²) in [6.07, 6.45) is 5.72. The second kappa shape index (κ2) is 9.44. The molecule has 2 fully saturated rings. The molecule has 1 amide bonds. The fourth-order valence-corrected chi connectivity index (χ4v) is 7.98. The van der Waals surface area contributed by atoms with Crippen LogP contribution in [0, 0.1) is 6.92 Å². The van der Waals surface area contributed by atoms with Crippen molar-refractivity contribution < 1.29 is 14.3 Å². The standard InChI is InChI=1S/C28H34N6O3S/c1-15(2)22-23-16(3)25(17-4-7-33(8-5-17)28(35)21-13-36-9-6-29-21)38-27(23)32-24(22)18-10-34-26(30-14-31-34)20-12-37-11-19(18)20/h10,14-15,17,21,29,32H,4-9,11-13H2,1-3H3/t21-/m1/s1. The molecule has 3 aliphatic rings. The van der Waals surface area contributed by atoms with Crippen molar-refractivity contribution in [2.45, 2.75) is 64.7 Å². The van der Waals surface area contributed by atoms with E-state index in [1.165, 1.54) is 37.5 Å². The molecule has 7 rings (SSSR count). The van der Waals surface area contributed by atoms with E-state index < -0.39 is 0 Å². The van der Waals surface area contributed by atoms with Gasteiger partial charge in [0.2, 0.25) is 5.91 Å². The molecule has 10 heteroatoms. The molecule has 1 atom stereocenters. The zero-order chi connectivity index (χ0) is 26.0. The van der Waals surface area contributed by atoms with E-state index in [2.05, 4.69) is 47.4 Å². The highest BCUT2D eigenvalue weighted by Gasteiger charge is 2.33. The minimum Gasteiger partial charge on any atom is -0.378 e. The molecule has 4 aromatic rings. The van der Waals surface area contributed by atoms with Crippen LogP contribution in [0.3, 0.4) is 0 Å². The maximum atomic E-state index is 13.0. The average Bonchev–Trinajstić information content (AvgIpc) is 3.72. The van der Waals surface area contributed by atoms with Crippen molar-refractivity contribution in [3.63, 3.8) is 0 Å². The number of aryl methyl sites for hydroxylation is 1. The quantitative estimate of drug-likeness (QED) is 0.409. The largest absolute Gasteiger partial charge is 0.378 e. The van der Waals surface area contributed by atoms with Gasteiger partial charge in [0.25, 0.3) is 0 Å². The average molecular weight is 535 g/mol. The Labute approximate surface area is 225 Å². The van der Waals surface area contributed by atoms with E-state index in [1.807, 2.05) is 20.8 Å². The predicted molar refractivity (Wildman–Crippen MR) is 147 cm³/mol. The van der Waals surface area contributed by atoms with Crippen LogP contribution < -0.4 is 5.32 Å². The Morgan fingerprint density at radius 2 is 2.00 bits per heavy atom. The molecule has 4 aromatic heterocycles. The number of piperidine rings is 1. The number of nitrogens with one attached hydrogen (secondary N) is 2. The maximum absolute atomic E-state index is 13.0. The molecule has 3 aliphatic heterocycles. The molecule has 0 unspecified atom stereocenters. The number of aromatic nitrogens is 4. The summed E-state index contributed by atoms with van der Waals surface area (Å²) in [4.78, 5) is 26.0. The number of likely N-dealkylation sites (tertiary alicyclic amines) is 1. The third-order valence-electron chi connectivity index (χ3n) is 8.48. The minimum atomic E-state index is -0.197. The molecule has 7 heterocycles. The summed E-state index contributed by atoms with van der Waals surface area (Å²) >= 11 is 1.90.